The Kier molecular flexibility index (Phi) is 7.30. The Bertz CT molecular complexity index is 1420. The molecular formula is C27H23ClF4N4O3. The molecule has 3 aromatic rings. The molecule has 39 heavy (non-hydrogen) atoms. The van der Waals surface area contributed by atoms with Crippen molar-refractivity contribution in [2.75, 3.05) is 11.4 Å². The highest BCUT2D eigenvalue weighted by atomic mass is 35.5. The van der Waals surface area contributed by atoms with Gasteiger partial charge in [0.1, 0.15) is 17.3 Å². The van der Waals surface area contributed by atoms with E-state index in [1.165, 1.54) is 23.1 Å². The highest BCUT2D eigenvalue weighted by molar-refractivity contribution is 6.30. The van der Waals surface area contributed by atoms with E-state index in [9.17, 15) is 32.3 Å². The van der Waals surface area contributed by atoms with Gasteiger partial charge >= 0.3 is 0 Å². The zero-order chi connectivity index (χ0) is 27.9. The molecule has 1 unspecified atom stereocenters. The van der Waals surface area contributed by atoms with Crippen LogP contribution >= 0.6 is 11.6 Å². The molecule has 12 heteroatoms. The molecule has 5 rings (SSSR count). The molecule has 1 aliphatic heterocycles. The van der Waals surface area contributed by atoms with Crippen molar-refractivity contribution in [1.82, 2.24) is 15.3 Å². The lowest BCUT2D eigenvalue weighted by Crippen LogP contribution is -2.45. The van der Waals surface area contributed by atoms with Gasteiger partial charge in [-0.2, -0.15) is 0 Å². The first-order chi connectivity index (χ1) is 18.6. The summed E-state index contributed by atoms with van der Waals surface area (Å²) >= 11 is 5.85. The van der Waals surface area contributed by atoms with E-state index >= 15 is 0 Å². The maximum atomic E-state index is 14.2. The van der Waals surface area contributed by atoms with Crippen molar-refractivity contribution in [2.24, 2.45) is 5.92 Å². The number of carbonyl (C=O) groups is 2. The van der Waals surface area contributed by atoms with Crippen molar-refractivity contribution < 1.29 is 32.3 Å². The van der Waals surface area contributed by atoms with E-state index in [1.807, 2.05) is 0 Å². The fourth-order valence-electron chi connectivity index (χ4n) is 5.29. The van der Waals surface area contributed by atoms with Crippen molar-refractivity contribution in [3.05, 3.63) is 88.0 Å². The molecule has 0 saturated heterocycles. The summed E-state index contributed by atoms with van der Waals surface area (Å²) in [6.07, 6.45) is 1.23. The number of alkyl halides is 2. The molecule has 2 aliphatic rings. The summed E-state index contributed by atoms with van der Waals surface area (Å²) in [7, 11) is 0. The number of anilines is 1. The van der Waals surface area contributed by atoms with Gasteiger partial charge in [-0.1, -0.05) is 11.6 Å². The van der Waals surface area contributed by atoms with Crippen LogP contribution in [-0.4, -0.2) is 39.5 Å². The zero-order valence-electron chi connectivity index (χ0n) is 20.4. The van der Waals surface area contributed by atoms with Crippen LogP contribution in [0.1, 0.15) is 59.4 Å². The Balaban J connectivity index is 1.28. The normalized spacial score (nSPS) is 22.7. The van der Waals surface area contributed by atoms with Gasteiger partial charge in [0, 0.05) is 24.3 Å². The second-order valence-electron chi connectivity index (χ2n) is 9.73. The number of fused-ring (bicyclic) bond motifs is 1. The van der Waals surface area contributed by atoms with Gasteiger partial charge in [-0.15, -0.1) is 0 Å². The summed E-state index contributed by atoms with van der Waals surface area (Å²) in [5.74, 6) is -2.72. The molecule has 1 saturated carbocycles. The quantitative estimate of drug-likeness (QED) is 0.416. The number of aromatic nitrogens is 2. The number of nitrogens with one attached hydrogen (secondary N) is 1. The fraction of sp³-hybridized carbons (Fsp3) is 0.333. The Labute approximate surface area is 225 Å². The predicted molar refractivity (Wildman–Crippen MR) is 133 cm³/mol. The van der Waals surface area contributed by atoms with Gasteiger partial charge < -0.3 is 15.3 Å². The van der Waals surface area contributed by atoms with E-state index in [0.29, 0.717) is 31.4 Å². The zero-order valence-corrected chi connectivity index (χ0v) is 21.1. The third kappa shape index (κ3) is 5.08. The average Bonchev–Trinajstić information content (AvgIpc) is 3.11. The van der Waals surface area contributed by atoms with Crippen LogP contribution in [0.5, 0.6) is 0 Å². The minimum absolute atomic E-state index is 0.0204. The van der Waals surface area contributed by atoms with Crippen LogP contribution in [0.25, 0.3) is 0 Å². The van der Waals surface area contributed by atoms with Gasteiger partial charge in [0.15, 0.2) is 0 Å². The number of hydrogen-bond donors (Lipinski definition) is 2. The highest BCUT2D eigenvalue weighted by Gasteiger charge is 2.52. The summed E-state index contributed by atoms with van der Waals surface area (Å²) in [5.41, 5.74) is -2.95. The second kappa shape index (κ2) is 10.5. The number of halogens is 5. The Morgan fingerprint density at radius 2 is 1.79 bits per heavy atom. The summed E-state index contributed by atoms with van der Waals surface area (Å²) < 4.78 is 54.2. The van der Waals surface area contributed by atoms with Crippen LogP contribution in [0, 0.1) is 17.6 Å². The fourth-order valence-corrected chi connectivity index (χ4v) is 5.45. The number of hydrogen-bond acceptors (Lipinski definition) is 5. The minimum Gasteiger partial charge on any atom is -0.370 e. The van der Waals surface area contributed by atoms with Crippen LogP contribution in [0.3, 0.4) is 0 Å². The molecule has 0 bridgehead atoms. The number of amides is 2. The summed E-state index contributed by atoms with van der Waals surface area (Å²) in [5, 5.41) is 14.3. The van der Waals surface area contributed by atoms with Gasteiger partial charge in [0.05, 0.1) is 28.2 Å². The smallest absolute Gasteiger partial charge is 0.281 e. The lowest BCUT2D eigenvalue weighted by Gasteiger charge is -2.32. The van der Waals surface area contributed by atoms with Crippen molar-refractivity contribution in [2.45, 2.75) is 43.8 Å². The van der Waals surface area contributed by atoms with Crippen LogP contribution < -0.4 is 10.2 Å². The predicted octanol–water partition coefficient (Wildman–Crippen LogP) is 4.92. The van der Waals surface area contributed by atoms with Crippen molar-refractivity contribution in [3.8, 4) is 0 Å². The SMILES string of the molecule is O=C(N[C@H]1CC[C@H](CN2C(=O)C(O)(c3ccc(F)cn3)c3cc(F)ccc32)CC1)c1cc(Cl)cnc1C(F)F. The van der Waals surface area contributed by atoms with Crippen LogP contribution in [0.15, 0.2) is 48.8 Å². The third-order valence-corrected chi connectivity index (χ3v) is 7.46. The van der Waals surface area contributed by atoms with E-state index in [-0.39, 0.29) is 40.3 Å². The number of benzene rings is 1. The summed E-state index contributed by atoms with van der Waals surface area (Å²) in [6.45, 7) is 0.218. The maximum Gasteiger partial charge on any atom is 0.281 e. The number of pyridine rings is 2. The Hall–Kier alpha value is -3.57. The topological polar surface area (TPSA) is 95.4 Å². The molecule has 0 spiro atoms. The number of aliphatic hydroxyl groups is 1. The van der Waals surface area contributed by atoms with Crippen molar-refractivity contribution in [1.29, 1.82) is 0 Å². The van der Waals surface area contributed by atoms with Crippen LogP contribution in [0.2, 0.25) is 5.02 Å². The lowest BCUT2D eigenvalue weighted by atomic mass is 9.85. The molecule has 7 nitrogen and oxygen atoms in total. The average molecular weight is 563 g/mol. The maximum absolute atomic E-state index is 14.2. The second-order valence-corrected chi connectivity index (χ2v) is 10.2. The first kappa shape index (κ1) is 27.0. The number of carbonyl (C=O) groups excluding carboxylic acids is 2. The molecule has 1 aromatic carbocycles. The standard InChI is InChI=1S/C27H23ClF4N4O3/c28-15-9-19(23(24(31)32)34-11-15)25(37)35-18-5-1-14(2-6-18)13-36-21-7-3-16(29)10-20(21)27(39,26(36)38)22-8-4-17(30)12-33-22/h3-4,7-12,14,18,24,39H,1-2,5-6,13H2,(H,35,37)/t14-,18-,27?. The van der Waals surface area contributed by atoms with Crippen LogP contribution in [0.4, 0.5) is 23.2 Å². The monoisotopic (exact) mass is 562 g/mol. The number of rotatable bonds is 6. The molecule has 2 N–H and O–H groups in total. The lowest BCUT2D eigenvalue weighted by molar-refractivity contribution is -0.132. The van der Waals surface area contributed by atoms with E-state index in [2.05, 4.69) is 15.3 Å². The van der Waals surface area contributed by atoms with E-state index < -0.39 is 41.2 Å². The highest BCUT2D eigenvalue weighted by Crippen LogP contribution is 2.45. The molecule has 1 fully saturated rings. The molecule has 0 radical (unpaired) electrons. The van der Waals surface area contributed by atoms with E-state index in [4.69, 9.17) is 11.6 Å². The largest absolute Gasteiger partial charge is 0.370 e. The van der Waals surface area contributed by atoms with Crippen LogP contribution in [-0.2, 0) is 10.4 Å². The van der Waals surface area contributed by atoms with Gasteiger partial charge in [-0.25, -0.2) is 17.6 Å². The molecule has 204 valence electrons. The Morgan fingerprint density at radius 1 is 1.08 bits per heavy atom. The van der Waals surface area contributed by atoms with Gasteiger partial charge in [0.25, 0.3) is 18.2 Å². The minimum atomic E-state index is -2.93. The molecule has 2 aromatic heterocycles. The third-order valence-electron chi connectivity index (χ3n) is 7.25. The number of nitrogens with zero attached hydrogens (tertiary/aromatic N) is 3. The first-order valence-electron chi connectivity index (χ1n) is 12.3. The van der Waals surface area contributed by atoms with Crippen molar-refractivity contribution in [3.63, 3.8) is 0 Å². The summed E-state index contributed by atoms with van der Waals surface area (Å²) in [4.78, 5) is 35.1. The van der Waals surface area contributed by atoms with Crippen molar-refractivity contribution >= 4 is 29.1 Å². The Morgan fingerprint density at radius 3 is 2.46 bits per heavy atom. The van der Waals surface area contributed by atoms with Gasteiger partial charge in [-0.3, -0.25) is 19.6 Å². The van der Waals surface area contributed by atoms with E-state index in [0.717, 1.165) is 30.6 Å². The van der Waals surface area contributed by atoms with Gasteiger partial charge in [-0.05, 0) is 68.0 Å². The molecule has 3 heterocycles. The molecular weight excluding hydrogens is 540 g/mol. The van der Waals surface area contributed by atoms with Gasteiger partial charge in [0.2, 0.25) is 5.60 Å². The molecule has 2 amide bonds. The van der Waals surface area contributed by atoms with E-state index in [1.54, 1.807) is 0 Å². The summed E-state index contributed by atoms with van der Waals surface area (Å²) in [6, 6.07) is 6.80. The first-order valence-corrected chi connectivity index (χ1v) is 12.7. The molecule has 1 atom stereocenters. The molecule has 1 aliphatic carbocycles.